The average molecular weight is 359 g/mol. The molecule has 2 aliphatic heterocycles. The van der Waals surface area contributed by atoms with Crippen molar-refractivity contribution in [2.24, 2.45) is 0 Å². The first kappa shape index (κ1) is 15.9. The normalized spacial score (nSPS) is 18.6. The van der Waals surface area contributed by atoms with E-state index in [0.717, 1.165) is 16.9 Å². The zero-order chi connectivity index (χ0) is 17.7. The number of H-pyrrole nitrogens is 1. The molecule has 0 aliphatic carbocycles. The van der Waals surface area contributed by atoms with Gasteiger partial charge in [0.15, 0.2) is 0 Å². The van der Waals surface area contributed by atoms with Crippen molar-refractivity contribution in [2.75, 3.05) is 11.9 Å². The van der Waals surface area contributed by atoms with Crippen molar-refractivity contribution >= 4 is 23.1 Å². The number of ether oxygens (including phenoxy) is 1. The van der Waals surface area contributed by atoms with E-state index >= 15 is 0 Å². The highest BCUT2D eigenvalue weighted by atomic mass is 32.1. The molecular weight excluding hydrogens is 342 g/mol. The Morgan fingerprint density at radius 3 is 2.84 bits per heavy atom. The van der Waals surface area contributed by atoms with Crippen molar-refractivity contribution < 1.29 is 9.53 Å². The van der Waals surface area contributed by atoms with Gasteiger partial charge in [0.05, 0.1) is 22.8 Å². The first-order valence-corrected chi connectivity index (χ1v) is 8.99. The molecule has 2 aromatic heterocycles. The third kappa shape index (κ3) is 2.28. The van der Waals surface area contributed by atoms with Gasteiger partial charge in [-0.1, -0.05) is 6.92 Å². The molecule has 130 valence electrons. The van der Waals surface area contributed by atoms with E-state index in [1.54, 1.807) is 0 Å². The first-order valence-electron chi connectivity index (χ1n) is 8.11. The number of nitrogens with one attached hydrogen (secondary N) is 2. The monoisotopic (exact) mass is 359 g/mol. The predicted octanol–water partition coefficient (Wildman–Crippen LogP) is 1.68. The van der Waals surface area contributed by atoms with Crippen LogP contribution < -0.4 is 16.6 Å². The van der Waals surface area contributed by atoms with Gasteiger partial charge >= 0.3 is 11.7 Å². The fourth-order valence-corrected chi connectivity index (χ4v) is 4.51. The van der Waals surface area contributed by atoms with Crippen molar-refractivity contribution in [3.8, 4) is 0 Å². The molecule has 2 aromatic rings. The molecule has 0 aromatic carbocycles. The summed E-state index contributed by atoms with van der Waals surface area (Å²) in [5, 5.41) is 5.05. The largest absolute Gasteiger partial charge is 0.456 e. The Hall–Kier alpha value is -2.61. The van der Waals surface area contributed by atoms with Crippen LogP contribution in [0.2, 0.25) is 0 Å². The Balaban J connectivity index is 2.05. The second-order valence-corrected chi connectivity index (χ2v) is 7.12. The van der Waals surface area contributed by atoms with E-state index in [0.29, 0.717) is 29.2 Å². The molecule has 0 fully saturated rings. The van der Waals surface area contributed by atoms with E-state index in [9.17, 15) is 14.4 Å². The molecule has 4 heterocycles. The molecule has 0 saturated carbocycles. The predicted molar refractivity (Wildman–Crippen MR) is 94.1 cm³/mol. The standard InChI is InChI=1S/C17H17N3O4S/c1-3-5-20-14-12(15(21)19-17(20)23)11(13-8(2)4-6-25-13)10-9(18-14)7-24-16(10)22/h4,6,11,18H,3,5,7H2,1-2H3,(H,19,21,23)/t11-/m0/s1. The highest BCUT2D eigenvalue weighted by Gasteiger charge is 2.42. The Kier molecular flexibility index (Phi) is 3.64. The summed E-state index contributed by atoms with van der Waals surface area (Å²) in [5.74, 6) is -0.474. The van der Waals surface area contributed by atoms with Crippen molar-refractivity contribution in [3.63, 3.8) is 0 Å². The van der Waals surface area contributed by atoms with Gasteiger partial charge in [-0.15, -0.1) is 11.3 Å². The summed E-state index contributed by atoms with van der Waals surface area (Å²) < 4.78 is 6.73. The number of nitrogens with zero attached hydrogens (tertiary/aromatic N) is 1. The van der Waals surface area contributed by atoms with Gasteiger partial charge < -0.3 is 10.1 Å². The lowest BCUT2D eigenvalue weighted by Gasteiger charge is -2.27. The van der Waals surface area contributed by atoms with Crippen molar-refractivity contribution in [3.05, 3.63) is 59.6 Å². The van der Waals surface area contributed by atoms with Crippen LogP contribution in [0.25, 0.3) is 0 Å². The quantitative estimate of drug-likeness (QED) is 0.814. The summed E-state index contributed by atoms with van der Waals surface area (Å²) in [6.07, 6.45) is 0.740. The fraction of sp³-hybridized carbons (Fsp3) is 0.353. The average Bonchev–Trinajstić information content (AvgIpc) is 3.16. The van der Waals surface area contributed by atoms with Crippen LogP contribution in [-0.4, -0.2) is 22.1 Å². The van der Waals surface area contributed by atoms with Gasteiger partial charge in [0.2, 0.25) is 0 Å². The number of carbonyl (C=O) groups is 1. The van der Waals surface area contributed by atoms with Crippen LogP contribution in [0.15, 0.2) is 32.3 Å². The molecular formula is C17H17N3O4S. The Bertz CT molecular complexity index is 1030. The van der Waals surface area contributed by atoms with Crippen LogP contribution in [0.1, 0.15) is 35.3 Å². The maximum absolute atomic E-state index is 12.7. The molecule has 0 amide bonds. The SMILES string of the molecule is CCCn1c2c(c(=O)[nH]c1=O)[C@@H](c1sccc1C)C1=C(COC1=O)N2. The molecule has 4 rings (SSSR count). The van der Waals surface area contributed by atoms with Crippen LogP contribution in [0, 0.1) is 6.92 Å². The number of rotatable bonds is 3. The lowest BCUT2D eigenvalue weighted by molar-refractivity contribution is -0.136. The summed E-state index contributed by atoms with van der Waals surface area (Å²) in [5.41, 5.74) is 1.58. The number of aromatic nitrogens is 2. The molecule has 1 atom stereocenters. The highest BCUT2D eigenvalue weighted by Crippen LogP contribution is 2.44. The molecule has 25 heavy (non-hydrogen) atoms. The van der Waals surface area contributed by atoms with E-state index in [1.165, 1.54) is 15.9 Å². The Labute approximate surface area is 147 Å². The number of fused-ring (bicyclic) bond motifs is 1. The third-order valence-corrected chi connectivity index (χ3v) is 5.67. The first-order chi connectivity index (χ1) is 12.0. The summed E-state index contributed by atoms with van der Waals surface area (Å²) in [6.45, 7) is 4.50. The molecule has 8 heteroatoms. The van der Waals surface area contributed by atoms with Crippen LogP contribution >= 0.6 is 11.3 Å². The number of thiophene rings is 1. The van der Waals surface area contributed by atoms with Gasteiger partial charge in [0.1, 0.15) is 12.4 Å². The number of carbonyl (C=O) groups excluding carboxylic acids is 1. The fourth-order valence-electron chi connectivity index (χ4n) is 3.47. The molecule has 0 bridgehead atoms. The molecule has 0 radical (unpaired) electrons. The van der Waals surface area contributed by atoms with Crippen molar-refractivity contribution in [1.82, 2.24) is 9.55 Å². The number of cyclic esters (lactones) is 1. The van der Waals surface area contributed by atoms with Crippen LogP contribution in [0.5, 0.6) is 0 Å². The number of anilines is 1. The zero-order valence-electron chi connectivity index (χ0n) is 13.8. The minimum absolute atomic E-state index is 0.127. The molecule has 7 nitrogen and oxygen atoms in total. The Morgan fingerprint density at radius 1 is 1.36 bits per heavy atom. The summed E-state index contributed by atoms with van der Waals surface area (Å²) in [7, 11) is 0. The molecule has 0 unspecified atom stereocenters. The number of hydrogen-bond acceptors (Lipinski definition) is 6. The second-order valence-electron chi connectivity index (χ2n) is 6.17. The number of esters is 1. The van der Waals surface area contributed by atoms with E-state index in [1.807, 2.05) is 25.3 Å². The molecule has 0 spiro atoms. The Morgan fingerprint density at radius 2 is 2.16 bits per heavy atom. The van der Waals surface area contributed by atoms with Gasteiger partial charge in [-0.25, -0.2) is 9.59 Å². The van der Waals surface area contributed by atoms with Gasteiger partial charge in [0, 0.05) is 11.4 Å². The summed E-state index contributed by atoms with van der Waals surface area (Å²) in [6, 6.07) is 1.96. The van der Waals surface area contributed by atoms with Gasteiger partial charge in [-0.3, -0.25) is 14.3 Å². The lowest BCUT2D eigenvalue weighted by atomic mass is 9.86. The lowest BCUT2D eigenvalue weighted by Crippen LogP contribution is -2.38. The smallest absolute Gasteiger partial charge is 0.337 e. The number of hydrogen-bond donors (Lipinski definition) is 2. The topological polar surface area (TPSA) is 93.2 Å². The maximum Gasteiger partial charge on any atom is 0.337 e. The van der Waals surface area contributed by atoms with E-state index in [2.05, 4.69) is 10.3 Å². The van der Waals surface area contributed by atoms with Crippen molar-refractivity contribution in [2.45, 2.75) is 32.7 Å². The van der Waals surface area contributed by atoms with E-state index in [-0.39, 0.29) is 6.61 Å². The number of aryl methyl sites for hydroxylation is 1. The van der Waals surface area contributed by atoms with Crippen LogP contribution in [0.3, 0.4) is 0 Å². The minimum Gasteiger partial charge on any atom is -0.456 e. The zero-order valence-corrected chi connectivity index (χ0v) is 14.7. The second kappa shape index (κ2) is 5.73. The van der Waals surface area contributed by atoms with Crippen LogP contribution in [0.4, 0.5) is 5.82 Å². The number of aromatic amines is 1. The van der Waals surface area contributed by atoms with E-state index in [4.69, 9.17) is 4.74 Å². The van der Waals surface area contributed by atoms with Crippen LogP contribution in [-0.2, 0) is 16.1 Å². The van der Waals surface area contributed by atoms with Crippen molar-refractivity contribution in [1.29, 1.82) is 0 Å². The maximum atomic E-state index is 12.7. The summed E-state index contributed by atoms with van der Waals surface area (Å²) >= 11 is 1.49. The highest BCUT2D eigenvalue weighted by molar-refractivity contribution is 7.10. The summed E-state index contributed by atoms with van der Waals surface area (Å²) in [4.78, 5) is 40.6. The minimum atomic E-state index is -0.520. The molecule has 2 aliphatic rings. The van der Waals surface area contributed by atoms with Gasteiger partial charge in [-0.2, -0.15) is 0 Å². The molecule has 0 saturated heterocycles. The third-order valence-electron chi connectivity index (χ3n) is 4.59. The van der Waals surface area contributed by atoms with Gasteiger partial charge in [0.25, 0.3) is 5.56 Å². The van der Waals surface area contributed by atoms with Gasteiger partial charge in [-0.05, 0) is 30.4 Å². The van der Waals surface area contributed by atoms with E-state index < -0.39 is 23.1 Å². The molecule has 2 N–H and O–H groups in total.